The summed E-state index contributed by atoms with van der Waals surface area (Å²) in [7, 11) is 0. The van der Waals surface area contributed by atoms with Crippen LogP contribution in [0.2, 0.25) is 0 Å². The Morgan fingerprint density at radius 3 is 2.35 bits per heavy atom. The van der Waals surface area contributed by atoms with Gasteiger partial charge in [-0.3, -0.25) is 10.2 Å². The molecule has 1 aromatic carbocycles. The number of nitrogens with one attached hydrogen (secondary N) is 3. The number of benzene rings is 1. The first-order chi connectivity index (χ1) is 8.13. The smallest absolute Gasteiger partial charge is 0.333 e. The lowest BCUT2D eigenvalue weighted by Crippen LogP contribution is -2.47. The summed E-state index contributed by atoms with van der Waals surface area (Å²) in [5.41, 5.74) is 6.19. The second-order valence-corrected chi connectivity index (χ2v) is 3.70. The number of rotatable bonds is 3. The van der Waals surface area contributed by atoms with Crippen molar-refractivity contribution in [2.75, 3.05) is 6.54 Å². The Hall–Kier alpha value is -2.04. The minimum atomic E-state index is -0.410. The fourth-order valence-corrected chi connectivity index (χ4v) is 1.17. The molecule has 0 bridgehead atoms. The molecule has 0 radical (unpaired) electrons. The van der Waals surface area contributed by atoms with Crippen molar-refractivity contribution in [2.45, 2.75) is 20.3 Å². The third kappa shape index (κ3) is 4.55. The topological polar surface area (TPSA) is 70.2 Å². The number of amides is 3. The Balaban J connectivity index is 2.39. The molecule has 1 rings (SSSR count). The van der Waals surface area contributed by atoms with Gasteiger partial charge in [0.2, 0.25) is 0 Å². The Morgan fingerprint density at radius 1 is 1.12 bits per heavy atom. The van der Waals surface area contributed by atoms with Crippen LogP contribution in [0.4, 0.5) is 4.79 Å². The maximum Gasteiger partial charge on any atom is 0.333 e. The van der Waals surface area contributed by atoms with Gasteiger partial charge in [0.1, 0.15) is 0 Å². The number of urea groups is 1. The van der Waals surface area contributed by atoms with E-state index in [9.17, 15) is 9.59 Å². The number of aryl methyl sites for hydroxylation is 1. The molecule has 0 fully saturated rings. The van der Waals surface area contributed by atoms with Crippen LogP contribution in [0.3, 0.4) is 0 Å². The van der Waals surface area contributed by atoms with Crippen LogP contribution >= 0.6 is 0 Å². The van der Waals surface area contributed by atoms with E-state index >= 15 is 0 Å². The molecule has 0 aromatic heterocycles. The lowest BCUT2D eigenvalue weighted by Gasteiger charge is -2.08. The number of hydrazine groups is 1. The molecule has 0 unspecified atom stereocenters. The van der Waals surface area contributed by atoms with Crippen molar-refractivity contribution in [3.05, 3.63) is 35.4 Å². The summed E-state index contributed by atoms with van der Waals surface area (Å²) in [4.78, 5) is 22.7. The van der Waals surface area contributed by atoms with Gasteiger partial charge in [-0.15, -0.1) is 0 Å². The van der Waals surface area contributed by atoms with E-state index in [2.05, 4.69) is 16.2 Å². The van der Waals surface area contributed by atoms with Crippen molar-refractivity contribution < 1.29 is 9.59 Å². The number of carbonyl (C=O) groups excluding carboxylic acids is 2. The summed E-state index contributed by atoms with van der Waals surface area (Å²) in [6.07, 6.45) is 0.847. The van der Waals surface area contributed by atoms with Gasteiger partial charge in [-0.1, -0.05) is 24.6 Å². The molecule has 0 saturated carbocycles. The van der Waals surface area contributed by atoms with Crippen LogP contribution in [0.25, 0.3) is 0 Å². The third-order valence-corrected chi connectivity index (χ3v) is 2.14. The van der Waals surface area contributed by atoms with Crippen molar-refractivity contribution in [3.63, 3.8) is 0 Å². The Labute approximate surface area is 101 Å². The molecule has 0 aliphatic carbocycles. The summed E-state index contributed by atoms with van der Waals surface area (Å²) in [6, 6.07) is 6.68. The van der Waals surface area contributed by atoms with Crippen molar-refractivity contribution in [1.82, 2.24) is 16.2 Å². The van der Waals surface area contributed by atoms with E-state index in [1.54, 1.807) is 12.1 Å². The third-order valence-electron chi connectivity index (χ3n) is 2.14. The lowest BCUT2D eigenvalue weighted by molar-refractivity contribution is 0.0936. The van der Waals surface area contributed by atoms with Crippen LogP contribution in [-0.2, 0) is 0 Å². The number of hydrogen-bond acceptors (Lipinski definition) is 2. The van der Waals surface area contributed by atoms with E-state index in [0.717, 1.165) is 12.0 Å². The molecule has 0 saturated heterocycles. The van der Waals surface area contributed by atoms with Gasteiger partial charge in [-0.25, -0.2) is 10.2 Å². The van der Waals surface area contributed by atoms with Gasteiger partial charge >= 0.3 is 6.03 Å². The molecule has 5 heteroatoms. The van der Waals surface area contributed by atoms with Crippen LogP contribution in [0.1, 0.15) is 29.3 Å². The molecule has 0 atom stereocenters. The average Bonchev–Trinajstić information content (AvgIpc) is 2.34. The van der Waals surface area contributed by atoms with Gasteiger partial charge in [0.05, 0.1) is 0 Å². The molecule has 0 spiro atoms. The zero-order chi connectivity index (χ0) is 12.7. The minimum Gasteiger partial charge on any atom is -0.337 e. The Bertz CT molecular complexity index is 387. The van der Waals surface area contributed by atoms with Crippen molar-refractivity contribution in [1.29, 1.82) is 0 Å². The molecule has 0 heterocycles. The van der Waals surface area contributed by atoms with Crippen LogP contribution in [-0.4, -0.2) is 18.5 Å². The van der Waals surface area contributed by atoms with E-state index in [1.165, 1.54) is 0 Å². The zero-order valence-electron chi connectivity index (χ0n) is 10.0. The molecule has 17 heavy (non-hydrogen) atoms. The molecule has 3 N–H and O–H groups in total. The Kier molecular flexibility index (Phi) is 5.00. The van der Waals surface area contributed by atoms with Crippen molar-refractivity contribution >= 4 is 11.9 Å². The van der Waals surface area contributed by atoms with Crippen LogP contribution in [0.5, 0.6) is 0 Å². The summed E-state index contributed by atoms with van der Waals surface area (Å²) in [5, 5.41) is 2.58. The average molecular weight is 235 g/mol. The van der Waals surface area contributed by atoms with Crippen molar-refractivity contribution in [3.8, 4) is 0 Å². The monoisotopic (exact) mass is 235 g/mol. The summed E-state index contributed by atoms with van der Waals surface area (Å²) in [5.74, 6) is -0.336. The Morgan fingerprint density at radius 2 is 1.76 bits per heavy atom. The second-order valence-electron chi connectivity index (χ2n) is 3.70. The largest absolute Gasteiger partial charge is 0.337 e. The van der Waals surface area contributed by atoms with Crippen LogP contribution in [0, 0.1) is 6.92 Å². The van der Waals surface area contributed by atoms with E-state index in [0.29, 0.717) is 12.1 Å². The first-order valence-corrected chi connectivity index (χ1v) is 5.54. The summed E-state index contributed by atoms with van der Waals surface area (Å²) < 4.78 is 0. The predicted octanol–water partition coefficient (Wildman–Crippen LogP) is 1.35. The highest BCUT2D eigenvalue weighted by Crippen LogP contribution is 2.01. The lowest BCUT2D eigenvalue weighted by atomic mass is 10.1. The highest BCUT2D eigenvalue weighted by atomic mass is 16.2. The predicted molar refractivity (Wildman–Crippen MR) is 65.5 cm³/mol. The molecule has 3 amide bonds. The fourth-order valence-electron chi connectivity index (χ4n) is 1.17. The highest BCUT2D eigenvalue weighted by Gasteiger charge is 2.05. The number of hydrogen-bond donors (Lipinski definition) is 3. The summed E-state index contributed by atoms with van der Waals surface area (Å²) in [6.45, 7) is 4.47. The first kappa shape index (κ1) is 13.0. The van der Waals surface area contributed by atoms with E-state index in [4.69, 9.17) is 0 Å². The van der Waals surface area contributed by atoms with E-state index in [-0.39, 0.29) is 5.91 Å². The van der Waals surface area contributed by atoms with E-state index < -0.39 is 6.03 Å². The van der Waals surface area contributed by atoms with E-state index in [1.807, 2.05) is 26.0 Å². The fraction of sp³-hybridized carbons (Fsp3) is 0.333. The minimum absolute atomic E-state index is 0.336. The second kappa shape index (κ2) is 6.52. The normalized spacial score (nSPS) is 9.53. The quantitative estimate of drug-likeness (QED) is 0.692. The van der Waals surface area contributed by atoms with Crippen molar-refractivity contribution in [2.24, 2.45) is 0 Å². The molecule has 0 aliphatic heterocycles. The molecule has 5 nitrogen and oxygen atoms in total. The maximum atomic E-state index is 11.6. The van der Waals surface area contributed by atoms with Gasteiger partial charge in [-0.2, -0.15) is 0 Å². The molecule has 92 valence electrons. The van der Waals surface area contributed by atoms with Gasteiger partial charge in [0.15, 0.2) is 0 Å². The van der Waals surface area contributed by atoms with Gasteiger partial charge in [0, 0.05) is 12.1 Å². The maximum absolute atomic E-state index is 11.6. The van der Waals surface area contributed by atoms with Crippen LogP contribution < -0.4 is 16.2 Å². The standard InChI is InChI=1S/C12H17N3O2/c1-3-8-13-12(17)15-14-11(16)10-6-4-9(2)5-7-10/h4-7H,3,8H2,1-2H3,(H,14,16)(H2,13,15,17). The highest BCUT2D eigenvalue weighted by molar-refractivity contribution is 5.95. The van der Waals surface area contributed by atoms with Gasteiger partial charge in [0.25, 0.3) is 5.91 Å². The van der Waals surface area contributed by atoms with Gasteiger partial charge in [-0.05, 0) is 25.5 Å². The molecular formula is C12H17N3O2. The zero-order valence-corrected chi connectivity index (χ0v) is 10.0. The SMILES string of the molecule is CCCNC(=O)NNC(=O)c1ccc(C)cc1. The first-order valence-electron chi connectivity index (χ1n) is 5.54. The number of carbonyl (C=O) groups is 2. The van der Waals surface area contributed by atoms with Gasteiger partial charge < -0.3 is 5.32 Å². The molecule has 1 aromatic rings. The molecule has 0 aliphatic rings. The summed E-state index contributed by atoms with van der Waals surface area (Å²) >= 11 is 0. The molecular weight excluding hydrogens is 218 g/mol. The van der Waals surface area contributed by atoms with Crippen LogP contribution in [0.15, 0.2) is 24.3 Å².